The Bertz CT molecular complexity index is 1110. The van der Waals surface area contributed by atoms with E-state index in [4.69, 9.17) is 27.9 Å². The summed E-state index contributed by atoms with van der Waals surface area (Å²) in [4.78, 5) is 23.2. The summed E-state index contributed by atoms with van der Waals surface area (Å²) in [6.07, 6.45) is 4.49. The highest BCUT2D eigenvalue weighted by molar-refractivity contribution is 6.42. The molecule has 1 aliphatic heterocycles. The van der Waals surface area contributed by atoms with Crippen molar-refractivity contribution in [3.8, 4) is 16.9 Å². The number of amides is 1. The van der Waals surface area contributed by atoms with Gasteiger partial charge >= 0.3 is 0 Å². The number of carbonyl (C=O) groups is 1. The summed E-state index contributed by atoms with van der Waals surface area (Å²) >= 11 is 12.4. The van der Waals surface area contributed by atoms with Gasteiger partial charge in [-0.15, -0.1) is 0 Å². The molecule has 34 heavy (non-hydrogen) atoms. The molecule has 0 spiro atoms. The molecule has 0 radical (unpaired) electrons. The maximum Gasteiger partial charge on any atom is 0.239 e. The van der Waals surface area contributed by atoms with Crippen LogP contribution in [-0.2, 0) is 11.3 Å². The summed E-state index contributed by atoms with van der Waals surface area (Å²) in [6.45, 7) is 3.39. The quantitative estimate of drug-likeness (QED) is 0.450. The zero-order chi connectivity index (χ0) is 23.9. The molecule has 0 saturated carbocycles. The van der Waals surface area contributed by atoms with Crippen molar-refractivity contribution >= 4 is 35.1 Å². The largest absolute Gasteiger partial charge is 0.497 e. The van der Waals surface area contributed by atoms with Gasteiger partial charge in [-0.1, -0.05) is 47.5 Å². The molecule has 9 heteroatoms. The van der Waals surface area contributed by atoms with Gasteiger partial charge in [0.25, 0.3) is 0 Å². The number of ether oxygens (including phenoxy) is 1. The Morgan fingerprint density at radius 2 is 1.88 bits per heavy atom. The van der Waals surface area contributed by atoms with E-state index >= 15 is 0 Å². The topological polar surface area (TPSA) is 79.4 Å². The molecule has 1 atom stereocenters. The number of methoxy groups -OCH3 is 1. The molecule has 3 aromatic rings. The fraction of sp³-hybridized carbons (Fsp3) is 0.320. The van der Waals surface area contributed by atoms with E-state index in [2.05, 4.69) is 25.5 Å². The highest BCUT2D eigenvalue weighted by Crippen LogP contribution is 2.28. The molecule has 2 N–H and O–H groups in total. The Balaban J connectivity index is 1.18. The van der Waals surface area contributed by atoms with Gasteiger partial charge in [0, 0.05) is 37.6 Å². The van der Waals surface area contributed by atoms with E-state index in [0.717, 1.165) is 48.5 Å². The Kier molecular flexibility index (Phi) is 8.21. The van der Waals surface area contributed by atoms with Gasteiger partial charge < -0.3 is 15.4 Å². The summed E-state index contributed by atoms with van der Waals surface area (Å²) in [6, 6.07) is 13.4. The van der Waals surface area contributed by atoms with Gasteiger partial charge in [0.1, 0.15) is 5.75 Å². The van der Waals surface area contributed by atoms with E-state index in [-0.39, 0.29) is 12.5 Å². The molecule has 4 rings (SSSR count). The van der Waals surface area contributed by atoms with Crippen LogP contribution in [0.4, 0.5) is 5.95 Å². The molecular weight excluding hydrogens is 473 g/mol. The van der Waals surface area contributed by atoms with Gasteiger partial charge in [0.2, 0.25) is 11.9 Å². The average Bonchev–Trinajstić information content (AvgIpc) is 3.32. The summed E-state index contributed by atoms with van der Waals surface area (Å²) < 4.78 is 5.18. The first kappa shape index (κ1) is 24.3. The van der Waals surface area contributed by atoms with Crippen LogP contribution in [0.25, 0.3) is 11.1 Å². The van der Waals surface area contributed by atoms with Gasteiger partial charge in [-0.3, -0.25) is 9.69 Å². The minimum atomic E-state index is -0.0841. The number of aromatic nitrogens is 2. The van der Waals surface area contributed by atoms with Crippen molar-refractivity contribution in [2.24, 2.45) is 5.92 Å². The predicted octanol–water partition coefficient (Wildman–Crippen LogP) is 4.51. The summed E-state index contributed by atoms with van der Waals surface area (Å²) in [5, 5.41) is 7.18. The van der Waals surface area contributed by atoms with E-state index in [1.165, 1.54) is 0 Å². The maximum atomic E-state index is 12.3. The smallest absolute Gasteiger partial charge is 0.239 e. The first-order valence-corrected chi connectivity index (χ1v) is 11.9. The molecule has 1 aromatic heterocycles. The monoisotopic (exact) mass is 499 g/mol. The zero-order valence-electron chi connectivity index (χ0n) is 18.9. The highest BCUT2D eigenvalue weighted by Gasteiger charge is 2.23. The molecule has 178 valence electrons. The second-order valence-electron chi connectivity index (χ2n) is 8.28. The summed E-state index contributed by atoms with van der Waals surface area (Å²) in [5.41, 5.74) is 2.91. The first-order valence-electron chi connectivity index (χ1n) is 11.1. The molecule has 1 fully saturated rings. The summed E-state index contributed by atoms with van der Waals surface area (Å²) in [5.74, 6) is 1.53. The van der Waals surface area contributed by atoms with Crippen LogP contribution in [0.5, 0.6) is 5.75 Å². The van der Waals surface area contributed by atoms with Crippen molar-refractivity contribution in [2.75, 3.05) is 38.6 Å². The van der Waals surface area contributed by atoms with Gasteiger partial charge in [-0.05, 0) is 48.2 Å². The number of benzene rings is 2. The minimum absolute atomic E-state index is 0.0841. The van der Waals surface area contributed by atoms with Crippen molar-refractivity contribution < 1.29 is 9.53 Å². The van der Waals surface area contributed by atoms with Gasteiger partial charge in [-0.2, -0.15) is 0 Å². The van der Waals surface area contributed by atoms with E-state index in [9.17, 15) is 4.79 Å². The molecule has 7 nitrogen and oxygen atoms in total. The number of anilines is 1. The standard InChI is InChI=1S/C25H27Cl2N5O2/c1-34-21-7-5-18(6-8-21)20-12-29-25(30-13-20)31-14-23(33)28-11-17-9-10-32(15-17)16-19-3-2-4-22(26)24(19)27/h2-8,12-13,17H,9-11,14-16H2,1H3,(H,28,33)(H,29,30,31). The number of hydrogen-bond acceptors (Lipinski definition) is 6. The van der Waals surface area contributed by atoms with Gasteiger partial charge in [-0.25, -0.2) is 9.97 Å². The van der Waals surface area contributed by atoms with Crippen LogP contribution in [0, 0.1) is 5.92 Å². The number of nitrogens with zero attached hydrogens (tertiary/aromatic N) is 3. The minimum Gasteiger partial charge on any atom is -0.497 e. The third-order valence-corrected chi connectivity index (χ3v) is 6.72. The van der Waals surface area contributed by atoms with Gasteiger partial charge in [0.15, 0.2) is 0 Å². The van der Waals surface area contributed by atoms with Crippen LogP contribution in [0.3, 0.4) is 0 Å². The molecule has 2 aromatic carbocycles. The average molecular weight is 500 g/mol. The lowest BCUT2D eigenvalue weighted by atomic mass is 10.1. The van der Waals surface area contributed by atoms with Crippen molar-refractivity contribution in [3.05, 3.63) is 70.5 Å². The van der Waals surface area contributed by atoms with Crippen LogP contribution in [0.1, 0.15) is 12.0 Å². The molecule has 0 aliphatic carbocycles. The van der Waals surface area contributed by atoms with Crippen LogP contribution < -0.4 is 15.4 Å². The normalized spacial score (nSPS) is 15.8. The number of carbonyl (C=O) groups excluding carboxylic acids is 1. The first-order chi connectivity index (χ1) is 16.5. The number of nitrogens with one attached hydrogen (secondary N) is 2. The lowest BCUT2D eigenvalue weighted by Gasteiger charge is -2.17. The highest BCUT2D eigenvalue weighted by atomic mass is 35.5. The molecule has 1 saturated heterocycles. The Hall–Kier alpha value is -2.87. The second-order valence-corrected chi connectivity index (χ2v) is 9.07. The summed E-state index contributed by atoms with van der Waals surface area (Å²) in [7, 11) is 1.64. The fourth-order valence-corrected chi connectivity index (χ4v) is 4.35. The zero-order valence-corrected chi connectivity index (χ0v) is 20.4. The molecule has 0 bridgehead atoms. The van der Waals surface area contributed by atoms with Crippen molar-refractivity contribution in [3.63, 3.8) is 0 Å². The van der Waals surface area contributed by atoms with Crippen LogP contribution >= 0.6 is 23.2 Å². The lowest BCUT2D eigenvalue weighted by Crippen LogP contribution is -2.35. The fourth-order valence-electron chi connectivity index (χ4n) is 3.97. The molecule has 1 aliphatic rings. The van der Waals surface area contributed by atoms with Crippen LogP contribution in [-0.4, -0.2) is 54.1 Å². The molecular formula is C25H27Cl2N5O2. The lowest BCUT2D eigenvalue weighted by molar-refractivity contribution is -0.119. The number of likely N-dealkylation sites (tertiary alicyclic amines) is 1. The molecule has 1 amide bonds. The van der Waals surface area contributed by atoms with Crippen molar-refractivity contribution in [2.45, 2.75) is 13.0 Å². The predicted molar refractivity (Wildman–Crippen MR) is 135 cm³/mol. The van der Waals surface area contributed by atoms with E-state index in [1.54, 1.807) is 25.6 Å². The SMILES string of the molecule is COc1ccc(-c2cnc(NCC(=O)NCC3CCN(Cc4cccc(Cl)c4Cl)C3)nc2)cc1. The van der Waals surface area contributed by atoms with Crippen molar-refractivity contribution in [1.82, 2.24) is 20.2 Å². The maximum absolute atomic E-state index is 12.3. The number of halogens is 2. The van der Waals surface area contributed by atoms with E-state index in [1.807, 2.05) is 36.4 Å². The Labute approximate surface area is 209 Å². The molecule has 2 heterocycles. The number of hydrogen-bond donors (Lipinski definition) is 2. The van der Waals surface area contributed by atoms with Gasteiger partial charge in [0.05, 0.1) is 23.7 Å². The van der Waals surface area contributed by atoms with Crippen LogP contribution in [0.2, 0.25) is 10.0 Å². The Morgan fingerprint density at radius 3 is 2.62 bits per heavy atom. The van der Waals surface area contributed by atoms with Crippen molar-refractivity contribution in [1.29, 1.82) is 0 Å². The molecule has 1 unspecified atom stereocenters. The number of rotatable bonds is 9. The van der Waals surface area contributed by atoms with E-state index < -0.39 is 0 Å². The van der Waals surface area contributed by atoms with E-state index in [0.29, 0.717) is 28.5 Å². The Morgan fingerprint density at radius 1 is 1.12 bits per heavy atom. The van der Waals surface area contributed by atoms with Crippen LogP contribution in [0.15, 0.2) is 54.9 Å². The third kappa shape index (κ3) is 6.38. The third-order valence-electron chi connectivity index (χ3n) is 5.87. The second kappa shape index (κ2) is 11.5.